The summed E-state index contributed by atoms with van der Waals surface area (Å²) in [5, 5.41) is 25.6. The third-order valence-corrected chi connectivity index (χ3v) is 6.25. The predicted octanol–water partition coefficient (Wildman–Crippen LogP) is 4.30. The zero-order chi connectivity index (χ0) is 26.7. The van der Waals surface area contributed by atoms with Crippen LogP contribution in [0.4, 0.5) is 0 Å². The van der Waals surface area contributed by atoms with Gasteiger partial charge < -0.3 is 19.7 Å². The van der Waals surface area contributed by atoms with E-state index in [0.717, 1.165) is 18.7 Å². The van der Waals surface area contributed by atoms with Gasteiger partial charge in [0, 0.05) is 41.9 Å². The Hall–Kier alpha value is -3.10. The van der Waals surface area contributed by atoms with Crippen LogP contribution in [0.1, 0.15) is 74.2 Å². The van der Waals surface area contributed by atoms with Crippen LogP contribution in [0.25, 0.3) is 0 Å². The Morgan fingerprint density at radius 2 is 1.61 bits per heavy atom. The molecule has 0 radical (unpaired) electrons. The van der Waals surface area contributed by atoms with Crippen LogP contribution in [0.2, 0.25) is 0 Å². The van der Waals surface area contributed by atoms with Crippen LogP contribution in [0, 0.1) is 0 Å². The van der Waals surface area contributed by atoms with Crippen molar-refractivity contribution >= 4 is 12.1 Å². The summed E-state index contributed by atoms with van der Waals surface area (Å²) in [6.45, 7) is 15.7. The molecule has 0 saturated carbocycles. The lowest BCUT2D eigenvalue weighted by Crippen LogP contribution is -2.35. The number of carbonyl (C=O) groups excluding carboxylic acids is 1. The molecule has 0 aliphatic carbocycles. The summed E-state index contributed by atoms with van der Waals surface area (Å²) in [6, 6.07) is 7.05. The molecule has 0 unspecified atom stereocenters. The number of methoxy groups -OCH3 is 1. The second-order valence-corrected chi connectivity index (χ2v) is 11.2. The molecule has 0 atom stereocenters. The van der Waals surface area contributed by atoms with Gasteiger partial charge in [0.15, 0.2) is 11.5 Å². The van der Waals surface area contributed by atoms with Gasteiger partial charge in [0.05, 0.1) is 26.5 Å². The maximum atomic E-state index is 13.0. The Labute approximate surface area is 213 Å². The average Bonchev–Trinajstić information content (AvgIpc) is 2.80. The fraction of sp³-hybridized carbons (Fsp3) is 0.500. The Bertz CT molecular complexity index is 1090. The molecule has 196 valence electrons. The number of rotatable bonds is 6. The minimum absolute atomic E-state index is 0.0455. The van der Waals surface area contributed by atoms with Gasteiger partial charge in [-0.25, -0.2) is 5.43 Å². The maximum absolute atomic E-state index is 13.0. The number of phenolic OH excluding ortho intramolecular Hbond substituents is 2. The number of nitrogens with zero attached hydrogens (tertiary/aromatic N) is 2. The van der Waals surface area contributed by atoms with Crippen LogP contribution in [0.5, 0.6) is 17.2 Å². The first-order valence-electron chi connectivity index (χ1n) is 12.2. The van der Waals surface area contributed by atoms with Crippen molar-refractivity contribution in [2.45, 2.75) is 58.9 Å². The number of morpholine rings is 1. The fourth-order valence-electron chi connectivity index (χ4n) is 4.19. The van der Waals surface area contributed by atoms with Gasteiger partial charge in [0.25, 0.3) is 5.91 Å². The Balaban J connectivity index is 1.85. The fourth-order valence-corrected chi connectivity index (χ4v) is 4.19. The number of phenols is 2. The van der Waals surface area contributed by atoms with Crippen molar-refractivity contribution in [1.82, 2.24) is 10.3 Å². The van der Waals surface area contributed by atoms with Crippen LogP contribution < -0.4 is 10.2 Å². The van der Waals surface area contributed by atoms with E-state index in [0.29, 0.717) is 47.8 Å². The topological polar surface area (TPSA) is 104 Å². The number of hydrogen-bond acceptors (Lipinski definition) is 7. The van der Waals surface area contributed by atoms with Crippen molar-refractivity contribution in [1.29, 1.82) is 0 Å². The predicted molar refractivity (Wildman–Crippen MR) is 141 cm³/mol. The Morgan fingerprint density at radius 1 is 1.03 bits per heavy atom. The van der Waals surface area contributed by atoms with Crippen molar-refractivity contribution in [2.75, 3.05) is 33.4 Å². The second kappa shape index (κ2) is 10.9. The van der Waals surface area contributed by atoms with Gasteiger partial charge in [-0.15, -0.1) is 0 Å². The van der Waals surface area contributed by atoms with Gasteiger partial charge in [-0.2, -0.15) is 5.10 Å². The first-order chi connectivity index (χ1) is 16.8. The van der Waals surface area contributed by atoms with Crippen molar-refractivity contribution in [3.05, 3.63) is 52.1 Å². The number of ether oxygens (including phenoxy) is 2. The zero-order valence-corrected chi connectivity index (χ0v) is 22.4. The monoisotopic (exact) mass is 497 g/mol. The molecule has 1 aliphatic heterocycles. The third kappa shape index (κ3) is 6.56. The molecule has 0 bridgehead atoms. The third-order valence-electron chi connectivity index (χ3n) is 6.25. The normalized spacial score (nSPS) is 15.3. The van der Waals surface area contributed by atoms with Gasteiger partial charge in [-0.1, -0.05) is 41.5 Å². The number of aromatic hydroxyl groups is 2. The Kier molecular flexibility index (Phi) is 8.31. The number of nitrogens with one attached hydrogen (secondary N) is 1. The van der Waals surface area contributed by atoms with Crippen molar-refractivity contribution in [2.24, 2.45) is 5.10 Å². The highest BCUT2D eigenvalue weighted by Gasteiger charge is 2.27. The summed E-state index contributed by atoms with van der Waals surface area (Å²) >= 11 is 0. The van der Waals surface area contributed by atoms with E-state index in [1.807, 2.05) is 47.6 Å². The van der Waals surface area contributed by atoms with E-state index in [-0.39, 0.29) is 22.3 Å². The molecule has 3 N–H and O–H groups in total. The SMILES string of the molecule is COc1cc(CN2CCOCC2)cc(C=NNC(=O)c2cc(C(C)(C)C)c(O)c(C(C)(C)C)c2)c1O. The van der Waals surface area contributed by atoms with Gasteiger partial charge in [0.1, 0.15) is 5.75 Å². The molecule has 1 heterocycles. The lowest BCUT2D eigenvalue weighted by molar-refractivity contribution is 0.0341. The van der Waals surface area contributed by atoms with Crippen molar-refractivity contribution in [3.8, 4) is 17.2 Å². The molecule has 0 aromatic heterocycles. The van der Waals surface area contributed by atoms with Gasteiger partial charge in [0.2, 0.25) is 0 Å². The van der Waals surface area contributed by atoms with Crippen LogP contribution in [-0.2, 0) is 22.1 Å². The molecule has 2 aromatic rings. The van der Waals surface area contributed by atoms with Gasteiger partial charge >= 0.3 is 0 Å². The van der Waals surface area contributed by atoms with E-state index in [4.69, 9.17) is 9.47 Å². The molecule has 2 aromatic carbocycles. The molecule has 36 heavy (non-hydrogen) atoms. The van der Waals surface area contributed by atoms with E-state index in [1.165, 1.54) is 13.3 Å². The van der Waals surface area contributed by atoms with E-state index in [1.54, 1.807) is 18.2 Å². The number of carbonyl (C=O) groups is 1. The van der Waals surface area contributed by atoms with Gasteiger partial charge in [-0.3, -0.25) is 9.69 Å². The molecule has 0 spiro atoms. The Morgan fingerprint density at radius 3 is 2.14 bits per heavy atom. The smallest absolute Gasteiger partial charge is 0.271 e. The standard InChI is InChI=1S/C28H39N3O5/c1-27(2,3)21-14-19(15-22(25(21)33)28(4,5)6)26(34)30-29-16-20-12-18(13-23(35-7)24(20)32)17-31-8-10-36-11-9-31/h12-16,32-33H,8-11,17H2,1-7H3,(H,30,34). The summed E-state index contributed by atoms with van der Waals surface area (Å²) in [7, 11) is 1.50. The van der Waals surface area contributed by atoms with E-state index in [2.05, 4.69) is 15.4 Å². The van der Waals surface area contributed by atoms with E-state index in [9.17, 15) is 15.0 Å². The number of benzene rings is 2. The number of hydrazone groups is 1. The van der Waals surface area contributed by atoms with Crippen LogP contribution in [-0.4, -0.2) is 60.6 Å². The minimum Gasteiger partial charge on any atom is -0.507 e. The molecular weight excluding hydrogens is 458 g/mol. The summed E-state index contributed by atoms with van der Waals surface area (Å²) in [5.74, 6) is 0.106. The van der Waals surface area contributed by atoms with E-state index >= 15 is 0 Å². The lowest BCUT2D eigenvalue weighted by Gasteiger charge is -2.28. The summed E-state index contributed by atoms with van der Waals surface area (Å²) in [6.07, 6.45) is 1.41. The maximum Gasteiger partial charge on any atom is 0.271 e. The lowest BCUT2D eigenvalue weighted by atomic mass is 9.78. The minimum atomic E-state index is -0.404. The van der Waals surface area contributed by atoms with Crippen LogP contribution >= 0.6 is 0 Å². The van der Waals surface area contributed by atoms with Gasteiger partial charge in [-0.05, 0) is 40.7 Å². The molecule has 8 nitrogen and oxygen atoms in total. The van der Waals surface area contributed by atoms with Crippen LogP contribution in [0.15, 0.2) is 29.4 Å². The largest absolute Gasteiger partial charge is 0.507 e. The first kappa shape index (κ1) is 27.5. The van der Waals surface area contributed by atoms with Crippen molar-refractivity contribution < 1.29 is 24.5 Å². The first-order valence-corrected chi connectivity index (χ1v) is 12.2. The molecular formula is C28H39N3O5. The highest BCUT2D eigenvalue weighted by Crippen LogP contribution is 2.39. The molecule has 1 saturated heterocycles. The summed E-state index contributed by atoms with van der Waals surface area (Å²) < 4.78 is 10.8. The van der Waals surface area contributed by atoms with E-state index < -0.39 is 5.91 Å². The summed E-state index contributed by atoms with van der Waals surface area (Å²) in [5.41, 5.74) is 5.05. The molecule has 8 heteroatoms. The molecule has 3 rings (SSSR count). The second-order valence-electron chi connectivity index (χ2n) is 11.2. The number of hydrogen-bond donors (Lipinski definition) is 3. The highest BCUT2D eigenvalue weighted by molar-refractivity contribution is 5.96. The highest BCUT2D eigenvalue weighted by atomic mass is 16.5. The average molecular weight is 498 g/mol. The summed E-state index contributed by atoms with van der Waals surface area (Å²) in [4.78, 5) is 15.3. The molecule has 1 fully saturated rings. The van der Waals surface area contributed by atoms with Crippen LogP contribution in [0.3, 0.4) is 0 Å². The zero-order valence-electron chi connectivity index (χ0n) is 22.4. The molecule has 1 aliphatic rings. The quantitative estimate of drug-likeness (QED) is 0.406. The molecule has 1 amide bonds. The number of amides is 1. The van der Waals surface area contributed by atoms with Crippen molar-refractivity contribution in [3.63, 3.8) is 0 Å².